The van der Waals surface area contributed by atoms with Crippen LogP contribution in [-0.2, 0) is 6.42 Å². The number of rotatable bonds is 7. The van der Waals surface area contributed by atoms with E-state index in [0.717, 1.165) is 10.5 Å². The lowest BCUT2D eigenvalue weighted by Gasteiger charge is -2.09. The zero-order chi connectivity index (χ0) is 23.2. The number of amides is 1. The molecule has 8 heteroatoms. The predicted octanol–water partition coefficient (Wildman–Crippen LogP) is 5.15. The van der Waals surface area contributed by atoms with Crippen LogP contribution >= 0.6 is 23.4 Å². The van der Waals surface area contributed by atoms with Gasteiger partial charge in [-0.15, -0.1) is 0 Å². The van der Waals surface area contributed by atoms with Crippen molar-refractivity contribution in [3.8, 4) is 5.69 Å². The van der Waals surface area contributed by atoms with Crippen LogP contribution in [0.4, 0.5) is 4.39 Å². The summed E-state index contributed by atoms with van der Waals surface area (Å²) in [5.74, 6) is -0.528. The second-order valence-electron chi connectivity index (χ2n) is 7.12. The third kappa shape index (κ3) is 5.88. The van der Waals surface area contributed by atoms with Gasteiger partial charge in [0.05, 0.1) is 5.69 Å². The normalized spacial score (nSPS) is 10.7. The Bertz CT molecular complexity index is 1320. The summed E-state index contributed by atoms with van der Waals surface area (Å²) in [6, 6.07) is 23.2. The average molecular weight is 480 g/mol. The Labute approximate surface area is 199 Å². The quantitative estimate of drug-likeness (QED) is 0.398. The molecule has 1 N–H and O–H groups in total. The van der Waals surface area contributed by atoms with Crippen molar-refractivity contribution in [2.75, 3.05) is 6.54 Å². The van der Waals surface area contributed by atoms with E-state index >= 15 is 0 Å². The molecular weight excluding hydrogens is 461 g/mol. The first-order valence-electron chi connectivity index (χ1n) is 10.2. The summed E-state index contributed by atoms with van der Waals surface area (Å²) in [5.41, 5.74) is 1.69. The van der Waals surface area contributed by atoms with Crippen LogP contribution < -0.4 is 10.9 Å². The van der Waals surface area contributed by atoms with Crippen molar-refractivity contribution in [1.29, 1.82) is 0 Å². The first kappa shape index (κ1) is 22.8. The van der Waals surface area contributed by atoms with Crippen LogP contribution in [0.2, 0.25) is 5.02 Å². The van der Waals surface area contributed by atoms with Crippen LogP contribution in [0.3, 0.4) is 0 Å². The summed E-state index contributed by atoms with van der Waals surface area (Å²) >= 11 is 7.46. The van der Waals surface area contributed by atoms with Gasteiger partial charge in [-0.1, -0.05) is 41.6 Å². The molecule has 3 aromatic carbocycles. The fourth-order valence-electron chi connectivity index (χ4n) is 3.13. The number of nitrogens with zero attached hydrogens (tertiary/aromatic N) is 2. The van der Waals surface area contributed by atoms with Gasteiger partial charge >= 0.3 is 0 Å². The van der Waals surface area contributed by atoms with Crippen molar-refractivity contribution in [2.45, 2.75) is 16.3 Å². The number of carbonyl (C=O) groups is 1. The van der Waals surface area contributed by atoms with E-state index in [4.69, 9.17) is 11.6 Å². The zero-order valence-electron chi connectivity index (χ0n) is 17.4. The Morgan fingerprint density at radius 2 is 1.70 bits per heavy atom. The zero-order valence-corrected chi connectivity index (χ0v) is 18.9. The summed E-state index contributed by atoms with van der Waals surface area (Å²) < 4.78 is 14.4. The second kappa shape index (κ2) is 10.5. The van der Waals surface area contributed by atoms with Gasteiger partial charge in [0.25, 0.3) is 11.5 Å². The second-order valence-corrected chi connectivity index (χ2v) is 8.62. The highest BCUT2D eigenvalue weighted by molar-refractivity contribution is 7.99. The number of hydrogen-bond donors (Lipinski definition) is 1. The molecule has 1 aromatic heterocycles. The van der Waals surface area contributed by atoms with Crippen LogP contribution in [-0.4, -0.2) is 22.2 Å². The van der Waals surface area contributed by atoms with Gasteiger partial charge in [0.15, 0.2) is 0 Å². The average Bonchev–Trinajstić information content (AvgIpc) is 2.83. The summed E-state index contributed by atoms with van der Waals surface area (Å²) in [4.78, 5) is 25.6. The van der Waals surface area contributed by atoms with Crippen molar-refractivity contribution in [3.05, 3.63) is 117 Å². The summed E-state index contributed by atoms with van der Waals surface area (Å²) in [6.07, 6.45) is 0.626. The van der Waals surface area contributed by atoms with Gasteiger partial charge in [-0.25, -0.2) is 4.39 Å². The van der Waals surface area contributed by atoms with Gasteiger partial charge in [0, 0.05) is 28.1 Å². The molecule has 5 nitrogen and oxygen atoms in total. The molecule has 1 amide bonds. The van der Waals surface area contributed by atoms with Crippen LogP contribution in [0.1, 0.15) is 15.9 Å². The molecular formula is C25H19ClFN3O2S. The van der Waals surface area contributed by atoms with Gasteiger partial charge in [-0.3, -0.25) is 9.59 Å². The van der Waals surface area contributed by atoms with Crippen molar-refractivity contribution in [3.63, 3.8) is 0 Å². The SMILES string of the molecule is O=C(NCCc1ccccc1Cl)c1ccc(-n2nc(Sc3ccc(F)cc3)ccc2=O)cc1. The van der Waals surface area contributed by atoms with E-state index in [-0.39, 0.29) is 17.3 Å². The molecule has 0 atom stereocenters. The number of hydrogen-bond acceptors (Lipinski definition) is 4. The molecule has 0 aliphatic rings. The van der Waals surface area contributed by atoms with Crippen molar-refractivity contribution in [1.82, 2.24) is 15.1 Å². The maximum atomic E-state index is 13.1. The monoisotopic (exact) mass is 479 g/mol. The minimum atomic E-state index is -0.315. The van der Waals surface area contributed by atoms with Crippen LogP contribution in [0.15, 0.2) is 99.6 Å². The number of halogens is 2. The maximum absolute atomic E-state index is 13.1. The standard InChI is InChI=1S/C25H19ClFN3O2S/c26-22-4-2-1-3-17(22)15-16-28-25(32)18-5-9-20(10-6-18)30-24(31)14-13-23(29-30)33-21-11-7-19(27)8-12-21/h1-14H,15-16H2,(H,28,32). The van der Waals surface area contributed by atoms with Gasteiger partial charge in [-0.05, 0) is 72.6 Å². The van der Waals surface area contributed by atoms with E-state index in [0.29, 0.717) is 34.3 Å². The number of nitrogens with one attached hydrogen (secondary N) is 1. The van der Waals surface area contributed by atoms with Crippen LogP contribution in [0.5, 0.6) is 0 Å². The molecule has 0 radical (unpaired) electrons. The lowest BCUT2D eigenvalue weighted by Crippen LogP contribution is -2.26. The highest BCUT2D eigenvalue weighted by Gasteiger charge is 2.09. The van der Waals surface area contributed by atoms with Gasteiger partial charge in [0.2, 0.25) is 0 Å². The van der Waals surface area contributed by atoms with E-state index < -0.39 is 0 Å². The smallest absolute Gasteiger partial charge is 0.271 e. The molecule has 0 saturated carbocycles. The Kier molecular flexibility index (Phi) is 7.22. The Hall–Kier alpha value is -3.42. The van der Waals surface area contributed by atoms with E-state index in [1.165, 1.54) is 34.6 Å². The van der Waals surface area contributed by atoms with E-state index in [9.17, 15) is 14.0 Å². The molecule has 0 bridgehead atoms. The summed E-state index contributed by atoms with van der Waals surface area (Å²) in [7, 11) is 0. The maximum Gasteiger partial charge on any atom is 0.271 e. The van der Waals surface area contributed by atoms with Crippen LogP contribution in [0, 0.1) is 5.82 Å². The molecule has 0 unspecified atom stereocenters. The molecule has 4 rings (SSSR count). The number of benzene rings is 3. The van der Waals surface area contributed by atoms with Crippen molar-refractivity contribution < 1.29 is 9.18 Å². The molecule has 0 aliphatic heterocycles. The van der Waals surface area contributed by atoms with E-state index in [1.54, 1.807) is 42.5 Å². The van der Waals surface area contributed by atoms with Gasteiger partial charge in [0.1, 0.15) is 10.8 Å². The fraction of sp³-hybridized carbons (Fsp3) is 0.0800. The topological polar surface area (TPSA) is 64.0 Å². The first-order chi connectivity index (χ1) is 16.0. The molecule has 0 saturated heterocycles. The first-order valence-corrected chi connectivity index (χ1v) is 11.3. The molecule has 4 aromatic rings. The Morgan fingerprint density at radius 3 is 2.42 bits per heavy atom. The summed E-state index contributed by atoms with van der Waals surface area (Å²) in [6.45, 7) is 0.452. The largest absolute Gasteiger partial charge is 0.352 e. The van der Waals surface area contributed by atoms with Crippen molar-refractivity contribution >= 4 is 29.3 Å². The highest BCUT2D eigenvalue weighted by atomic mass is 35.5. The molecule has 1 heterocycles. The van der Waals surface area contributed by atoms with Gasteiger partial charge in [-0.2, -0.15) is 9.78 Å². The van der Waals surface area contributed by atoms with Crippen LogP contribution in [0.25, 0.3) is 5.69 Å². The fourth-order valence-corrected chi connectivity index (χ4v) is 4.13. The van der Waals surface area contributed by atoms with Crippen molar-refractivity contribution in [2.24, 2.45) is 0 Å². The minimum Gasteiger partial charge on any atom is -0.352 e. The number of aromatic nitrogens is 2. The predicted molar refractivity (Wildman–Crippen MR) is 128 cm³/mol. The van der Waals surface area contributed by atoms with Gasteiger partial charge < -0.3 is 5.32 Å². The third-order valence-electron chi connectivity index (χ3n) is 4.82. The Morgan fingerprint density at radius 1 is 0.970 bits per heavy atom. The minimum absolute atomic E-state index is 0.213. The highest BCUT2D eigenvalue weighted by Crippen LogP contribution is 2.25. The van der Waals surface area contributed by atoms with E-state index in [1.807, 2.05) is 24.3 Å². The lowest BCUT2D eigenvalue weighted by atomic mass is 10.1. The molecule has 0 aliphatic carbocycles. The number of carbonyl (C=O) groups excluding carboxylic acids is 1. The molecule has 33 heavy (non-hydrogen) atoms. The third-order valence-corrected chi connectivity index (χ3v) is 6.13. The summed E-state index contributed by atoms with van der Waals surface area (Å²) in [5, 5.41) is 8.52. The van der Waals surface area contributed by atoms with E-state index in [2.05, 4.69) is 10.4 Å². The molecule has 0 fully saturated rings. The lowest BCUT2D eigenvalue weighted by molar-refractivity contribution is 0.0954. The molecule has 166 valence electrons. The Balaban J connectivity index is 1.43. The molecule has 0 spiro atoms.